The highest BCUT2D eigenvalue weighted by Crippen LogP contribution is 2.16. The molecule has 1 atom stereocenters. The van der Waals surface area contributed by atoms with Gasteiger partial charge < -0.3 is 19.5 Å². The summed E-state index contributed by atoms with van der Waals surface area (Å²) in [6.07, 6.45) is 0.378. The zero-order valence-corrected chi connectivity index (χ0v) is 14.0. The smallest absolute Gasteiger partial charge is 0.344 e. The molecule has 2 rings (SSSR count). The molecule has 1 aliphatic rings. The minimum Gasteiger partial charge on any atom is -0.497 e. The van der Waals surface area contributed by atoms with Crippen molar-refractivity contribution in [1.82, 2.24) is 5.32 Å². The van der Waals surface area contributed by atoms with Crippen molar-refractivity contribution in [2.75, 3.05) is 31.8 Å². The van der Waals surface area contributed by atoms with Crippen LogP contribution in [0.15, 0.2) is 24.3 Å². The van der Waals surface area contributed by atoms with Crippen molar-refractivity contribution in [3.8, 4) is 11.5 Å². The summed E-state index contributed by atoms with van der Waals surface area (Å²) in [7, 11) is -1.53. The lowest BCUT2D eigenvalue weighted by Gasteiger charge is -2.11. The number of carbonyl (C=O) groups excluding carboxylic acids is 2. The summed E-state index contributed by atoms with van der Waals surface area (Å²) in [6.45, 7) is -0.807. The van der Waals surface area contributed by atoms with Gasteiger partial charge in [-0.1, -0.05) is 0 Å². The summed E-state index contributed by atoms with van der Waals surface area (Å²) in [5, 5.41) is 2.53. The molecule has 0 aliphatic carbocycles. The van der Waals surface area contributed by atoms with E-state index in [4.69, 9.17) is 14.2 Å². The molecule has 132 valence electrons. The van der Waals surface area contributed by atoms with Crippen molar-refractivity contribution in [3.63, 3.8) is 0 Å². The molecule has 0 unspecified atom stereocenters. The number of sulfone groups is 1. The average Bonchev–Trinajstić information content (AvgIpc) is 2.90. The second-order valence-electron chi connectivity index (χ2n) is 5.29. The van der Waals surface area contributed by atoms with Crippen LogP contribution in [-0.4, -0.2) is 58.2 Å². The highest BCUT2D eigenvalue weighted by molar-refractivity contribution is 7.91. The van der Waals surface area contributed by atoms with Gasteiger partial charge in [0.1, 0.15) is 11.5 Å². The van der Waals surface area contributed by atoms with E-state index < -0.39 is 34.4 Å². The Morgan fingerprint density at radius 2 is 1.83 bits per heavy atom. The van der Waals surface area contributed by atoms with Crippen LogP contribution in [0.3, 0.4) is 0 Å². The molecule has 1 amide bonds. The summed E-state index contributed by atoms with van der Waals surface area (Å²) in [6, 6.07) is 6.23. The van der Waals surface area contributed by atoms with Crippen LogP contribution in [0.25, 0.3) is 0 Å². The Kier molecular flexibility index (Phi) is 6.02. The fourth-order valence-corrected chi connectivity index (χ4v) is 3.85. The Morgan fingerprint density at radius 3 is 2.42 bits per heavy atom. The van der Waals surface area contributed by atoms with Gasteiger partial charge in [0, 0.05) is 6.04 Å². The van der Waals surface area contributed by atoms with Crippen molar-refractivity contribution < 1.29 is 32.2 Å². The number of amides is 1. The summed E-state index contributed by atoms with van der Waals surface area (Å²) in [5.74, 6) is -0.112. The number of nitrogens with one attached hydrogen (secondary N) is 1. The molecule has 0 spiro atoms. The number of methoxy groups -OCH3 is 1. The zero-order valence-electron chi connectivity index (χ0n) is 13.2. The van der Waals surface area contributed by atoms with E-state index in [9.17, 15) is 18.0 Å². The molecule has 1 N–H and O–H groups in total. The van der Waals surface area contributed by atoms with Crippen LogP contribution >= 0.6 is 0 Å². The van der Waals surface area contributed by atoms with E-state index >= 15 is 0 Å². The molecule has 0 saturated carbocycles. The number of carbonyl (C=O) groups is 2. The zero-order chi connectivity index (χ0) is 17.6. The maximum Gasteiger partial charge on any atom is 0.344 e. The first-order chi connectivity index (χ1) is 11.4. The molecule has 24 heavy (non-hydrogen) atoms. The van der Waals surface area contributed by atoms with Crippen LogP contribution in [0.4, 0.5) is 0 Å². The minimum absolute atomic E-state index is 0.0629. The third-order valence-electron chi connectivity index (χ3n) is 3.38. The molecule has 0 aromatic heterocycles. The van der Waals surface area contributed by atoms with Gasteiger partial charge >= 0.3 is 5.97 Å². The highest BCUT2D eigenvalue weighted by Gasteiger charge is 2.29. The van der Waals surface area contributed by atoms with E-state index in [0.29, 0.717) is 17.9 Å². The first-order valence-corrected chi connectivity index (χ1v) is 9.12. The maximum atomic E-state index is 11.6. The number of esters is 1. The standard InChI is InChI=1S/C15H19NO7S/c1-21-12-2-4-13(5-3-12)22-9-15(18)23-8-14(17)16-11-6-7-24(19,20)10-11/h2-5,11H,6-10H2,1H3,(H,16,17)/t11-/m0/s1. The maximum absolute atomic E-state index is 11.6. The predicted octanol–water partition coefficient (Wildman–Crippen LogP) is -0.0795. The van der Waals surface area contributed by atoms with Crippen LogP contribution in [0.2, 0.25) is 0 Å². The summed E-state index contributed by atoms with van der Waals surface area (Å²) in [4.78, 5) is 23.2. The number of ether oxygens (including phenoxy) is 3. The minimum atomic E-state index is -3.07. The van der Waals surface area contributed by atoms with Crippen LogP contribution in [-0.2, 0) is 24.2 Å². The molecule has 1 heterocycles. The third-order valence-corrected chi connectivity index (χ3v) is 5.15. The first kappa shape index (κ1) is 18.1. The molecule has 9 heteroatoms. The van der Waals surface area contributed by atoms with Gasteiger partial charge in [-0.15, -0.1) is 0 Å². The number of hydrogen-bond donors (Lipinski definition) is 1. The van der Waals surface area contributed by atoms with Gasteiger partial charge in [0.15, 0.2) is 23.1 Å². The SMILES string of the molecule is COc1ccc(OCC(=O)OCC(=O)N[C@H]2CCS(=O)(=O)C2)cc1. The summed E-state index contributed by atoms with van der Waals surface area (Å²) < 4.78 is 37.6. The predicted molar refractivity (Wildman–Crippen MR) is 84.6 cm³/mol. The largest absolute Gasteiger partial charge is 0.497 e. The molecular formula is C15H19NO7S. The van der Waals surface area contributed by atoms with Crippen molar-refractivity contribution in [2.24, 2.45) is 0 Å². The van der Waals surface area contributed by atoms with E-state index in [0.717, 1.165) is 0 Å². The molecule has 1 fully saturated rings. The number of benzene rings is 1. The molecule has 1 aliphatic heterocycles. The number of rotatable bonds is 7. The van der Waals surface area contributed by atoms with Gasteiger partial charge in [0.2, 0.25) is 0 Å². The molecule has 1 saturated heterocycles. The van der Waals surface area contributed by atoms with Crippen LogP contribution in [0.5, 0.6) is 11.5 Å². The van der Waals surface area contributed by atoms with E-state index in [-0.39, 0.29) is 18.1 Å². The van der Waals surface area contributed by atoms with E-state index in [1.807, 2.05) is 0 Å². The van der Waals surface area contributed by atoms with Crippen molar-refractivity contribution >= 4 is 21.7 Å². The van der Waals surface area contributed by atoms with Gasteiger partial charge in [0.05, 0.1) is 18.6 Å². The fraction of sp³-hybridized carbons (Fsp3) is 0.467. The van der Waals surface area contributed by atoms with Crippen molar-refractivity contribution in [2.45, 2.75) is 12.5 Å². The number of hydrogen-bond acceptors (Lipinski definition) is 7. The van der Waals surface area contributed by atoms with E-state index in [1.165, 1.54) is 0 Å². The molecule has 0 bridgehead atoms. The van der Waals surface area contributed by atoms with Crippen LogP contribution < -0.4 is 14.8 Å². The highest BCUT2D eigenvalue weighted by atomic mass is 32.2. The molecule has 1 aromatic carbocycles. The van der Waals surface area contributed by atoms with Crippen LogP contribution in [0, 0.1) is 0 Å². The molecule has 8 nitrogen and oxygen atoms in total. The van der Waals surface area contributed by atoms with Crippen LogP contribution in [0.1, 0.15) is 6.42 Å². The fourth-order valence-electron chi connectivity index (χ4n) is 2.18. The van der Waals surface area contributed by atoms with Gasteiger partial charge in [-0.2, -0.15) is 0 Å². The second-order valence-corrected chi connectivity index (χ2v) is 7.52. The Bertz CT molecular complexity index is 684. The quantitative estimate of drug-likeness (QED) is 0.680. The van der Waals surface area contributed by atoms with E-state index in [1.54, 1.807) is 31.4 Å². The molecule has 0 radical (unpaired) electrons. The Labute approximate surface area is 140 Å². The van der Waals surface area contributed by atoms with E-state index in [2.05, 4.69) is 5.32 Å². The Morgan fingerprint density at radius 1 is 1.17 bits per heavy atom. The lowest BCUT2D eigenvalue weighted by Crippen LogP contribution is -2.38. The third kappa shape index (κ3) is 5.73. The van der Waals surface area contributed by atoms with Gasteiger partial charge in [-0.3, -0.25) is 4.79 Å². The topological polar surface area (TPSA) is 108 Å². The Hall–Kier alpha value is -2.29. The summed E-state index contributed by atoms with van der Waals surface area (Å²) >= 11 is 0. The van der Waals surface area contributed by atoms with Gasteiger partial charge in [-0.25, -0.2) is 13.2 Å². The monoisotopic (exact) mass is 357 g/mol. The Balaban J connectivity index is 1.66. The van der Waals surface area contributed by atoms with Gasteiger partial charge in [0.25, 0.3) is 5.91 Å². The summed E-state index contributed by atoms with van der Waals surface area (Å²) in [5.41, 5.74) is 0. The normalized spacial score (nSPS) is 18.6. The van der Waals surface area contributed by atoms with Crippen molar-refractivity contribution in [3.05, 3.63) is 24.3 Å². The first-order valence-electron chi connectivity index (χ1n) is 7.30. The lowest BCUT2D eigenvalue weighted by atomic mass is 10.2. The second kappa shape index (κ2) is 8.00. The average molecular weight is 357 g/mol. The van der Waals surface area contributed by atoms with Gasteiger partial charge in [-0.05, 0) is 30.7 Å². The molecule has 1 aromatic rings. The molecular weight excluding hydrogens is 338 g/mol. The lowest BCUT2D eigenvalue weighted by molar-refractivity contribution is -0.150. The van der Waals surface area contributed by atoms with Crippen molar-refractivity contribution in [1.29, 1.82) is 0 Å².